The van der Waals surface area contributed by atoms with E-state index in [9.17, 15) is 14.4 Å². The highest BCUT2D eigenvalue weighted by molar-refractivity contribution is 7.18. The van der Waals surface area contributed by atoms with Crippen molar-refractivity contribution < 1.29 is 14.4 Å². The van der Waals surface area contributed by atoms with Gasteiger partial charge < -0.3 is 10.6 Å². The molecule has 1 aliphatic carbocycles. The van der Waals surface area contributed by atoms with Crippen LogP contribution in [0.3, 0.4) is 0 Å². The summed E-state index contributed by atoms with van der Waals surface area (Å²) in [5, 5.41) is 6.25. The first-order valence-electron chi connectivity index (χ1n) is 7.36. The largest absolute Gasteiger partial charge is 0.321 e. The third kappa shape index (κ3) is 3.84. The summed E-state index contributed by atoms with van der Waals surface area (Å²) in [5.74, 6) is -0.165. The summed E-state index contributed by atoms with van der Waals surface area (Å²) >= 11 is 1.23. The Hall–Kier alpha value is -2.47. The summed E-state index contributed by atoms with van der Waals surface area (Å²) in [6, 6.07) is 10.2. The maximum Gasteiger partial charge on any atom is 0.265 e. The number of nitrogens with one attached hydrogen (secondary N) is 2. The molecule has 0 saturated heterocycles. The number of amides is 2. The number of rotatable bonds is 5. The van der Waals surface area contributed by atoms with E-state index < -0.39 is 0 Å². The SMILES string of the molecule is CC(=O)c1cccc(NC(=O)c2ccc(NC(=O)C3CC3)s2)c1. The quantitative estimate of drug-likeness (QED) is 0.824. The van der Waals surface area contributed by atoms with Crippen LogP contribution in [-0.4, -0.2) is 17.6 Å². The van der Waals surface area contributed by atoms with E-state index >= 15 is 0 Å². The molecular weight excluding hydrogens is 312 g/mol. The van der Waals surface area contributed by atoms with E-state index in [0.717, 1.165) is 12.8 Å². The lowest BCUT2D eigenvalue weighted by Crippen LogP contribution is -2.12. The molecule has 118 valence electrons. The zero-order valence-electron chi connectivity index (χ0n) is 12.6. The van der Waals surface area contributed by atoms with Gasteiger partial charge in [-0.1, -0.05) is 12.1 Å². The average Bonchev–Trinajstić information content (AvgIpc) is 3.27. The standard InChI is InChI=1S/C17H16N2O3S/c1-10(20)12-3-2-4-13(9-12)18-17(22)14-7-8-15(23-14)19-16(21)11-5-6-11/h2-4,7-9,11H,5-6H2,1H3,(H,18,22)(H,19,21). The van der Waals surface area contributed by atoms with Crippen LogP contribution in [-0.2, 0) is 4.79 Å². The highest BCUT2D eigenvalue weighted by atomic mass is 32.1. The first-order chi connectivity index (χ1) is 11.0. The number of carbonyl (C=O) groups excluding carboxylic acids is 3. The first kappa shape index (κ1) is 15.4. The topological polar surface area (TPSA) is 75.3 Å². The first-order valence-corrected chi connectivity index (χ1v) is 8.17. The highest BCUT2D eigenvalue weighted by Crippen LogP contribution is 2.31. The number of carbonyl (C=O) groups is 3. The molecule has 0 atom stereocenters. The fourth-order valence-corrected chi connectivity index (χ4v) is 2.91. The Labute approximate surface area is 137 Å². The number of benzene rings is 1. The Bertz CT molecular complexity index is 778. The van der Waals surface area contributed by atoms with E-state index in [1.807, 2.05) is 0 Å². The van der Waals surface area contributed by atoms with Gasteiger partial charge in [0.05, 0.1) is 9.88 Å². The van der Waals surface area contributed by atoms with Gasteiger partial charge in [-0.15, -0.1) is 11.3 Å². The Kier molecular flexibility index (Phi) is 4.25. The Morgan fingerprint density at radius 2 is 1.87 bits per heavy atom. The minimum Gasteiger partial charge on any atom is -0.321 e. The molecule has 3 rings (SSSR count). The molecule has 1 aliphatic rings. The van der Waals surface area contributed by atoms with Crippen molar-refractivity contribution in [3.8, 4) is 0 Å². The van der Waals surface area contributed by atoms with Crippen molar-refractivity contribution in [1.82, 2.24) is 0 Å². The number of hydrogen-bond acceptors (Lipinski definition) is 4. The van der Waals surface area contributed by atoms with E-state index in [1.54, 1.807) is 36.4 Å². The minimum absolute atomic E-state index is 0.0213. The number of Topliss-reactive ketones (excluding diaryl/α,β-unsaturated/α-hetero) is 1. The maximum atomic E-state index is 12.2. The molecule has 0 radical (unpaired) electrons. The van der Waals surface area contributed by atoms with Gasteiger partial charge in [0.15, 0.2) is 5.78 Å². The van der Waals surface area contributed by atoms with E-state index in [2.05, 4.69) is 10.6 Å². The molecule has 0 spiro atoms. The third-order valence-electron chi connectivity index (χ3n) is 3.55. The summed E-state index contributed by atoms with van der Waals surface area (Å²) in [6.45, 7) is 1.48. The smallest absolute Gasteiger partial charge is 0.265 e. The second-order valence-electron chi connectivity index (χ2n) is 5.52. The molecule has 0 bridgehead atoms. The minimum atomic E-state index is -0.261. The predicted molar refractivity (Wildman–Crippen MR) is 90.1 cm³/mol. The summed E-state index contributed by atoms with van der Waals surface area (Å²) < 4.78 is 0. The van der Waals surface area contributed by atoms with Crippen LogP contribution in [0.4, 0.5) is 10.7 Å². The highest BCUT2D eigenvalue weighted by Gasteiger charge is 2.29. The van der Waals surface area contributed by atoms with E-state index in [-0.39, 0.29) is 23.5 Å². The fraction of sp³-hybridized carbons (Fsp3) is 0.235. The summed E-state index contributed by atoms with van der Waals surface area (Å²) in [5.41, 5.74) is 1.12. The van der Waals surface area contributed by atoms with E-state index in [1.165, 1.54) is 18.3 Å². The molecule has 2 amide bonds. The van der Waals surface area contributed by atoms with Crippen LogP contribution in [0, 0.1) is 5.92 Å². The molecule has 1 aromatic carbocycles. The molecule has 2 aromatic rings. The molecule has 0 aliphatic heterocycles. The van der Waals surface area contributed by atoms with Gasteiger partial charge in [0.25, 0.3) is 5.91 Å². The predicted octanol–water partition coefficient (Wildman–Crippen LogP) is 3.55. The molecule has 1 fully saturated rings. The van der Waals surface area contributed by atoms with Gasteiger partial charge in [-0.05, 0) is 44.0 Å². The maximum absolute atomic E-state index is 12.2. The van der Waals surface area contributed by atoms with Crippen molar-refractivity contribution in [3.05, 3.63) is 46.8 Å². The average molecular weight is 328 g/mol. The monoisotopic (exact) mass is 328 g/mol. The molecule has 6 heteroatoms. The Morgan fingerprint density at radius 3 is 2.57 bits per heavy atom. The van der Waals surface area contributed by atoms with Crippen LogP contribution in [0.1, 0.15) is 39.8 Å². The second kappa shape index (κ2) is 6.34. The lowest BCUT2D eigenvalue weighted by Gasteiger charge is -2.05. The third-order valence-corrected chi connectivity index (χ3v) is 4.55. The Balaban J connectivity index is 1.66. The van der Waals surface area contributed by atoms with Crippen LogP contribution in [0.5, 0.6) is 0 Å². The van der Waals surface area contributed by atoms with Crippen LogP contribution in [0.2, 0.25) is 0 Å². The van der Waals surface area contributed by atoms with Gasteiger partial charge in [0.1, 0.15) is 0 Å². The molecule has 23 heavy (non-hydrogen) atoms. The molecule has 0 unspecified atom stereocenters. The van der Waals surface area contributed by atoms with Gasteiger partial charge >= 0.3 is 0 Å². The number of anilines is 2. The van der Waals surface area contributed by atoms with E-state index in [4.69, 9.17) is 0 Å². The zero-order chi connectivity index (χ0) is 16.4. The summed E-state index contributed by atoms with van der Waals surface area (Å²) in [7, 11) is 0. The van der Waals surface area contributed by atoms with Gasteiger partial charge in [0, 0.05) is 17.2 Å². The molecule has 1 saturated carbocycles. The lowest BCUT2D eigenvalue weighted by molar-refractivity contribution is -0.117. The van der Waals surface area contributed by atoms with Crippen molar-refractivity contribution in [2.24, 2.45) is 5.92 Å². The summed E-state index contributed by atoms with van der Waals surface area (Å²) in [4.78, 5) is 35.8. The van der Waals surface area contributed by atoms with Gasteiger partial charge in [-0.25, -0.2) is 0 Å². The molecule has 1 heterocycles. The van der Waals surface area contributed by atoms with Crippen molar-refractivity contribution in [1.29, 1.82) is 0 Å². The molecule has 5 nitrogen and oxygen atoms in total. The van der Waals surface area contributed by atoms with Gasteiger partial charge in [0.2, 0.25) is 5.91 Å². The van der Waals surface area contributed by atoms with E-state index in [0.29, 0.717) is 21.1 Å². The Morgan fingerprint density at radius 1 is 1.09 bits per heavy atom. The van der Waals surface area contributed by atoms with Crippen LogP contribution >= 0.6 is 11.3 Å². The zero-order valence-corrected chi connectivity index (χ0v) is 13.4. The van der Waals surface area contributed by atoms with Crippen molar-refractivity contribution in [3.63, 3.8) is 0 Å². The van der Waals surface area contributed by atoms with Crippen LogP contribution in [0.25, 0.3) is 0 Å². The van der Waals surface area contributed by atoms with Crippen molar-refractivity contribution in [2.45, 2.75) is 19.8 Å². The molecule has 2 N–H and O–H groups in total. The number of hydrogen-bond donors (Lipinski definition) is 2. The fourth-order valence-electron chi connectivity index (χ4n) is 2.10. The number of ketones is 1. The van der Waals surface area contributed by atoms with Crippen molar-refractivity contribution >= 4 is 39.6 Å². The summed E-state index contributed by atoms with van der Waals surface area (Å²) in [6.07, 6.45) is 1.88. The van der Waals surface area contributed by atoms with Crippen LogP contribution < -0.4 is 10.6 Å². The molecule has 1 aromatic heterocycles. The second-order valence-corrected chi connectivity index (χ2v) is 6.60. The number of thiophene rings is 1. The van der Waals surface area contributed by atoms with Crippen LogP contribution in [0.15, 0.2) is 36.4 Å². The molecular formula is C17H16N2O3S. The lowest BCUT2D eigenvalue weighted by atomic mass is 10.1. The normalized spacial score (nSPS) is 13.4. The van der Waals surface area contributed by atoms with Crippen molar-refractivity contribution in [2.75, 3.05) is 10.6 Å². The van der Waals surface area contributed by atoms with Gasteiger partial charge in [-0.3, -0.25) is 14.4 Å². The van der Waals surface area contributed by atoms with Gasteiger partial charge in [-0.2, -0.15) is 0 Å².